The zero-order valence-corrected chi connectivity index (χ0v) is 13.0. The van der Waals surface area contributed by atoms with Gasteiger partial charge < -0.3 is 9.42 Å². The second kappa shape index (κ2) is 6.18. The fourth-order valence-electron chi connectivity index (χ4n) is 3.17. The van der Waals surface area contributed by atoms with Crippen LogP contribution in [0.15, 0.2) is 10.6 Å². The lowest BCUT2D eigenvalue weighted by Gasteiger charge is -2.33. The number of amides is 1. The first kappa shape index (κ1) is 14.6. The summed E-state index contributed by atoms with van der Waals surface area (Å²) < 4.78 is 5.11. The molecule has 116 valence electrons. The van der Waals surface area contributed by atoms with Gasteiger partial charge in [-0.2, -0.15) is 0 Å². The standard InChI is InChI=1S/C16H25N3O2/c1-12-9-15(17-21-12)11-19-7-5-13(6-8-19)10-18(2)16(20)14-3-4-14/h9,13-14H,3-8,10-11H2,1-2H3. The number of likely N-dealkylation sites (tertiary alicyclic amines) is 1. The molecule has 1 amide bonds. The van der Waals surface area contributed by atoms with Crippen molar-refractivity contribution in [2.75, 3.05) is 26.7 Å². The number of carbonyl (C=O) groups excluding carboxylic acids is 1. The van der Waals surface area contributed by atoms with Crippen LogP contribution in [0, 0.1) is 18.8 Å². The second-order valence-electron chi connectivity index (χ2n) is 6.64. The average Bonchev–Trinajstić information content (AvgIpc) is 3.24. The van der Waals surface area contributed by atoms with Gasteiger partial charge in [-0.25, -0.2) is 0 Å². The summed E-state index contributed by atoms with van der Waals surface area (Å²) in [4.78, 5) is 16.4. The molecule has 1 saturated heterocycles. The molecule has 1 aromatic heterocycles. The van der Waals surface area contributed by atoms with Gasteiger partial charge in [0.15, 0.2) is 0 Å². The van der Waals surface area contributed by atoms with E-state index in [4.69, 9.17) is 4.52 Å². The van der Waals surface area contributed by atoms with Gasteiger partial charge in [0.05, 0.1) is 5.69 Å². The molecular formula is C16H25N3O2. The fourth-order valence-corrected chi connectivity index (χ4v) is 3.17. The summed E-state index contributed by atoms with van der Waals surface area (Å²) in [5.74, 6) is 2.22. The van der Waals surface area contributed by atoms with Crippen LogP contribution in [0.1, 0.15) is 37.1 Å². The lowest BCUT2D eigenvalue weighted by molar-refractivity contribution is -0.132. The molecule has 0 N–H and O–H groups in total. The molecule has 0 spiro atoms. The van der Waals surface area contributed by atoms with E-state index in [1.54, 1.807) is 0 Å². The number of rotatable bonds is 5. The van der Waals surface area contributed by atoms with Gasteiger partial charge in [-0.3, -0.25) is 9.69 Å². The maximum Gasteiger partial charge on any atom is 0.225 e. The third-order valence-electron chi connectivity index (χ3n) is 4.60. The van der Waals surface area contributed by atoms with Crippen LogP contribution >= 0.6 is 0 Å². The van der Waals surface area contributed by atoms with Crippen molar-refractivity contribution in [1.29, 1.82) is 0 Å². The fraction of sp³-hybridized carbons (Fsp3) is 0.750. The average molecular weight is 291 g/mol. The van der Waals surface area contributed by atoms with E-state index in [0.29, 0.717) is 17.7 Å². The van der Waals surface area contributed by atoms with Crippen molar-refractivity contribution in [3.8, 4) is 0 Å². The van der Waals surface area contributed by atoms with Crippen molar-refractivity contribution in [1.82, 2.24) is 15.0 Å². The Labute approximate surface area is 126 Å². The minimum atomic E-state index is 0.338. The summed E-state index contributed by atoms with van der Waals surface area (Å²) in [5.41, 5.74) is 1.02. The number of nitrogens with zero attached hydrogens (tertiary/aromatic N) is 3. The van der Waals surface area contributed by atoms with Gasteiger partial charge in [0.25, 0.3) is 0 Å². The minimum Gasteiger partial charge on any atom is -0.361 e. The van der Waals surface area contributed by atoms with Gasteiger partial charge in [0.2, 0.25) is 5.91 Å². The molecule has 5 heteroatoms. The lowest BCUT2D eigenvalue weighted by Crippen LogP contribution is -2.39. The van der Waals surface area contributed by atoms with Crippen molar-refractivity contribution < 1.29 is 9.32 Å². The van der Waals surface area contributed by atoms with Crippen LogP contribution in [-0.4, -0.2) is 47.5 Å². The van der Waals surface area contributed by atoms with Gasteiger partial charge in [-0.15, -0.1) is 0 Å². The smallest absolute Gasteiger partial charge is 0.225 e. The van der Waals surface area contributed by atoms with Crippen LogP contribution in [0.3, 0.4) is 0 Å². The monoisotopic (exact) mass is 291 g/mol. The van der Waals surface area contributed by atoms with E-state index in [0.717, 1.165) is 50.5 Å². The number of hydrogen-bond donors (Lipinski definition) is 0. The number of carbonyl (C=O) groups is 1. The van der Waals surface area contributed by atoms with Crippen LogP contribution in [-0.2, 0) is 11.3 Å². The van der Waals surface area contributed by atoms with Crippen molar-refractivity contribution in [2.24, 2.45) is 11.8 Å². The summed E-state index contributed by atoms with van der Waals surface area (Å²) in [7, 11) is 1.96. The van der Waals surface area contributed by atoms with Crippen LogP contribution in [0.5, 0.6) is 0 Å². The predicted molar refractivity (Wildman–Crippen MR) is 79.6 cm³/mol. The molecule has 2 fully saturated rings. The van der Waals surface area contributed by atoms with Crippen molar-refractivity contribution in [3.05, 3.63) is 17.5 Å². The molecule has 1 saturated carbocycles. The Morgan fingerprint density at radius 2 is 2.10 bits per heavy atom. The number of aryl methyl sites for hydroxylation is 1. The minimum absolute atomic E-state index is 0.338. The van der Waals surface area contributed by atoms with Crippen LogP contribution in [0.4, 0.5) is 0 Å². The van der Waals surface area contributed by atoms with E-state index in [1.165, 1.54) is 12.8 Å². The van der Waals surface area contributed by atoms with E-state index in [9.17, 15) is 4.79 Å². The number of piperidine rings is 1. The predicted octanol–water partition coefficient (Wildman–Crippen LogP) is 2.06. The molecule has 3 rings (SSSR count). The molecule has 1 aromatic rings. The molecule has 0 radical (unpaired) electrons. The number of hydrogen-bond acceptors (Lipinski definition) is 4. The summed E-state index contributed by atoms with van der Waals surface area (Å²) in [5, 5.41) is 4.06. The van der Waals surface area contributed by atoms with E-state index in [2.05, 4.69) is 10.1 Å². The van der Waals surface area contributed by atoms with Gasteiger partial charge in [-0.1, -0.05) is 5.16 Å². The maximum atomic E-state index is 12.0. The Kier molecular flexibility index (Phi) is 4.29. The summed E-state index contributed by atoms with van der Waals surface area (Å²) in [6, 6.07) is 2.01. The molecule has 2 aliphatic rings. The first-order valence-corrected chi connectivity index (χ1v) is 8.01. The summed E-state index contributed by atoms with van der Waals surface area (Å²) in [6.45, 7) is 5.90. The molecular weight excluding hydrogens is 266 g/mol. The van der Waals surface area contributed by atoms with Gasteiger partial charge >= 0.3 is 0 Å². The van der Waals surface area contributed by atoms with Crippen molar-refractivity contribution in [2.45, 2.75) is 39.2 Å². The van der Waals surface area contributed by atoms with Gasteiger partial charge in [0.1, 0.15) is 5.76 Å². The molecule has 2 heterocycles. The Hall–Kier alpha value is -1.36. The largest absolute Gasteiger partial charge is 0.361 e. The summed E-state index contributed by atoms with van der Waals surface area (Å²) in [6.07, 6.45) is 4.52. The highest BCUT2D eigenvalue weighted by Gasteiger charge is 2.33. The molecule has 0 atom stereocenters. The molecule has 5 nitrogen and oxygen atoms in total. The normalized spacial score (nSPS) is 20.7. The van der Waals surface area contributed by atoms with Crippen LogP contribution < -0.4 is 0 Å². The molecule has 0 aromatic carbocycles. The molecule has 0 bridgehead atoms. The zero-order chi connectivity index (χ0) is 14.8. The Morgan fingerprint density at radius 1 is 1.38 bits per heavy atom. The number of aromatic nitrogens is 1. The van der Waals surface area contributed by atoms with Crippen molar-refractivity contribution in [3.63, 3.8) is 0 Å². The Morgan fingerprint density at radius 3 is 2.67 bits per heavy atom. The summed E-state index contributed by atoms with van der Waals surface area (Å²) >= 11 is 0. The highest BCUT2D eigenvalue weighted by Crippen LogP contribution is 2.31. The van der Waals surface area contributed by atoms with E-state index in [1.807, 2.05) is 24.9 Å². The zero-order valence-electron chi connectivity index (χ0n) is 13.0. The third-order valence-corrected chi connectivity index (χ3v) is 4.60. The van der Waals surface area contributed by atoms with E-state index >= 15 is 0 Å². The lowest BCUT2D eigenvalue weighted by atomic mass is 9.96. The highest BCUT2D eigenvalue weighted by atomic mass is 16.5. The van der Waals surface area contributed by atoms with E-state index in [-0.39, 0.29) is 0 Å². The van der Waals surface area contributed by atoms with Gasteiger partial charge in [0, 0.05) is 32.1 Å². The van der Waals surface area contributed by atoms with Gasteiger partial charge in [-0.05, 0) is 51.6 Å². The molecule has 1 aliphatic heterocycles. The van der Waals surface area contributed by atoms with Crippen molar-refractivity contribution >= 4 is 5.91 Å². The van der Waals surface area contributed by atoms with E-state index < -0.39 is 0 Å². The van der Waals surface area contributed by atoms with Crippen LogP contribution in [0.2, 0.25) is 0 Å². The quantitative estimate of drug-likeness (QED) is 0.833. The molecule has 21 heavy (non-hydrogen) atoms. The molecule has 0 unspecified atom stereocenters. The third kappa shape index (κ3) is 3.84. The SMILES string of the molecule is Cc1cc(CN2CCC(CN(C)C(=O)C3CC3)CC2)no1. The Bertz CT molecular complexity index is 487. The highest BCUT2D eigenvalue weighted by molar-refractivity contribution is 5.80. The maximum absolute atomic E-state index is 12.0. The topological polar surface area (TPSA) is 49.6 Å². The Balaban J connectivity index is 1.41. The molecule has 1 aliphatic carbocycles. The van der Waals surface area contributed by atoms with Crippen LogP contribution in [0.25, 0.3) is 0 Å². The first-order valence-electron chi connectivity index (χ1n) is 8.01. The first-order chi connectivity index (χ1) is 10.1. The second-order valence-corrected chi connectivity index (χ2v) is 6.64.